The minimum absolute atomic E-state index is 0.0977. The van der Waals surface area contributed by atoms with Gasteiger partial charge in [-0.15, -0.1) is 0 Å². The molecule has 2 N–H and O–H groups in total. The smallest absolute Gasteiger partial charge is 0.320 e. The highest BCUT2D eigenvalue weighted by molar-refractivity contribution is 5.30. The maximum absolute atomic E-state index is 13.2. The number of aromatic nitrogens is 2. The van der Waals surface area contributed by atoms with Gasteiger partial charge in [-0.2, -0.15) is 18.3 Å². The van der Waals surface area contributed by atoms with Crippen molar-refractivity contribution in [3.05, 3.63) is 17.5 Å². The molecule has 0 saturated heterocycles. The molecule has 0 radical (unpaired) electrons. The highest BCUT2D eigenvalue weighted by Gasteiger charge is 2.45. The Kier molecular flexibility index (Phi) is 4.79. The zero-order chi connectivity index (χ0) is 16.5. The van der Waals surface area contributed by atoms with E-state index in [1.54, 1.807) is 13.8 Å². The van der Waals surface area contributed by atoms with Crippen molar-refractivity contribution in [2.24, 2.45) is 11.1 Å². The van der Waals surface area contributed by atoms with E-state index in [0.29, 0.717) is 0 Å². The zero-order valence-corrected chi connectivity index (χ0v) is 13.1. The minimum atomic E-state index is -4.48. The van der Waals surface area contributed by atoms with E-state index in [2.05, 4.69) is 16.9 Å². The quantitative estimate of drug-likeness (QED) is 0.853. The summed E-state index contributed by atoms with van der Waals surface area (Å²) in [5, 5.41) is 3.68. The largest absolute Gasteiger partial charge is 0.435 e. The van der Waals surface area contributed by atoms with Crippen LogP contribution in [0, 0.1) is 17.3 Å². The van der Waals surface area contributed by atoms with Crippen molar-refractivity contribution in [3.63, 3.8) is 0 Å². The van der Waals surface area contributed by atoms with Gasteiger partial charge in [-0.05, 0) is 10.8 Å². The Morgan fingerprint density at radius 3 is 2.14 bits per heavy atom. The Hall–Kier alpha value is -1.48. The number of halogens is 3. The number of hydrogen-bond acceptors (Lipinski definition) is 2. The van der Waals surface area contributed by atoms with Crippen LogP contribution in [-0.2, 0) is 18.1 Å². The summed E-state index contributed by atoms with van der Waals surface area (Å²) in [4.78, 5) is 0. The summed E-state index contributed by atoms with van der Waals surface area (Å²) in [5.74, 6) is 5.31. The first-order valence-electron chi connectivity index (χ1n) is 6.72. The van der Waals surface area contributed by atoms with Crippen LogP contribution in [0.15, 0.2) is 6.20 Å². The van der Waals surface area contributed by atoms with Crippen LogP contribution in [-0.4, -0.2) is 16.3 Å². The molecule has 0 spiro atoms. The fraction of sp³-hybridized carbons (Fsp3) is 0.667. The first-order valence-corrected chi connectivity index (χ1v) is 6.72. The van der Waals surface area contributed by atoms with Crippen molar-refractivity contribution in [3.8, 4) is 11.8 Å². The second-order valence-corrected chi connectivity index (χ2v) is 6.52. The SMILES string of the molecule is CC(C)(C)C(C)(C)c1cn(CC#CCN)nc1C(F)(F)F. The third kappa shape index (κ3) is 3.79. The molecule has 0 unspecified atom stereocenters. The van der Waals surface area contributed by atoms with Gasteiger partial charge in [0.2, 0.25) is 0 Å². The summed E-state index contributed by atoms with van der Waals surface area (Å²) in [6, 6.07) is 0. The van der Waals surface area contributed by atoms with Crippen LogP contribution in [0.4, 0.5) is 13.2 Å². The van der Waals surface area contributed by atoms with Gasteiger partial charge in [-0.1, -0.05) is 46.5 Å². The maximum atomic E-state index is 13.2. The molecule has 0 aliphatic rings. The average Bonchev–Trinajstić information content (AvgIpc) is 2.72. The van der Waals surface area contributed by atoms with E-state index < -0.39 is 17.3 Å². The van der Waals surface area contributed by atoms with Crippen molar-refractivity contribution in [2.45, 2.75) is 52.8 Å². The van der Waals surface area contributed by atoms with E-state index in [4.69, 9.17) is 5.73 Å². The van der Waals surface area contributed by atoms with Crippen molar-refractivity contribution >= 4 is 0 Å². The first kappa shape index (κ1) is 17.6. The topological polar surface area (TPSA) is 43.8 Å². The maximum Gasteiger partial charge on any atom is 0.435 e. The van der Waals surface area contributed by atoms with Crippen molar-refractivity contribution in [2.75, 3.05) is 6.54 Å². The normalized spacial score (nSPS) is 13.0. The van der Waals surface area contributed by atoms with Gasteiger partial charge in [0.05, 0.1) is 6.54 Å². The zero-order valence-electron chi connectivity index (χ0n) is 13.1. The van der Waals surface area contributed by atoms with Gasteiger partial charge in [0.1, 0.15) is 6.54 Å². The molecule has 0 fully saturated rings. The van der Waals surface area contributed by atoms with E-state index in [1.165, 1.54) is 10.9 Å². The Morgan fingerprint density at radius 1 is 1.14 bits per heavy atom. The summed E-state index contributed by atoms with van der Waals surface area (Å²) in [7, 11) is 0. The summed E-state index contributed by atoms with van der Waals surface area (Å²) in [6.45, 7) is 9.62. The molecule has 1 aromatic rings. The van der Waals surface area contributed by atoms with E-state index in [1.807, 2.05) is 20.8 Å². The van der Waals surface area contributed by atoms with Crippen LogP contribution in [0.5, 0.6) is 0 Å². The second kappa shape index (κ2) is 5.72. The van der Waals surface area contributed by atoms with Crippen molar-refractivity contribution in [1.29, 1.82) is 0 Å². The van der Waals surface area contributed by atoms with Crippen molar-refractivity contribution < 1.29 is 13.2 Å². The number of rotatable bonds is 2. The standard InChI is InChI=1S/C15H22F3N3/c1-13(2,3)14(4,5)11-10-21(9-7-6-8-19)20-12(11)15(16,17)18/h10H,8-9,19H2,1-5H3. The Bertz CT molecular complexity index is 551. The molecule has 0 saturated carbocycles. The summed E-state index contributed by atoms with van der Waals surface area (Å²) < 4.78 is 40.9. The third-order valence-corrected chi connectivity index (χ3v) is 4.05. The predicted octanol–water partition coefficient (Wildman–Crippen LogP) is 3.19. The lowest BCUT2D eigenvalue weighted by Gasteiger charge is -2.39. The molecule has 0 bridgehead atoms. The second-order valence-electron chi connectivity index (χ2n) is 6.52. The van der Waals surface area contributed by atoms with Crippen LogP contribution < -0.4 is 5.73 Å². The van der Waals surface area contributed by atoms with Gasteiger partial charge < -0.3 is 5.73 Å². The van der Waals surface area contributed by atoms with Gasteiger partial charge >= 0.3 is 6.18 Å². The molecule has 6 heteroatoms. The van der Waals surface area contributed by atoms with Gasteiger partial charge in [0.15, 0.2) is 5.69 Å². The summed E-state index contributed by atoms with van der Waals surface area (Å²) in [6.07, 6.45) is -3.04. The van der Waals surface area contributed by atoms with Crippen LogP contribution in [0.25, 0.3) is 0 Å². The minimum Gasteiger partial charge on any atom is -0.320 e. The van der Waals surface area contributed by atoms with E-state index in [0.717, 1.165) is 0 Å². The fourth-order valence-corrected chi connectivity index (χ4v) is 1.78. The molecule has 0 atom stereocenters. The predicted molar refractivity (Wildman–Crippen MR) is 76.5 cm³/mol. The van der Waals surface area contributed by atoms with Crippen LogP contribution in [0.3, 0.4) is 0 Å². The first-order chi connectivity index (χ1) is 9.41. The molecule has 0 aromatic carbocycles. The van der Waals surface area contributed by atoms with Gasteiger partial charge in [0, 0.05) is 11.8 Å². The third-order valence-electron chi connectivity index (χ3n) is 4.05. The van der Waals surface area contributed by atoms with Gasteiger partial charge in [-0.25, -0.2) is 0 Å². The summed E-state index contributed by atoms with van der Waals surface area (Å²) in [5.41, 5.74) is 3.57. The Balaban J connectivity index is 3.36. The van der Waals surface area contributed by atoms with E-state index >= 15 is 0 Å². The lowest BCUT2D eigenvalue weighted by atomic mass is 9.65. The van der Waals surface area contributed by atoms with Gasteiger partial charge in [0.25, 0.3) is 0 Å². The molecular formula is C15H22F3N3. The number of hydrogen-bond donors (Lipinski definition) is 1. The molecular weight excluding hydrogens is 279 g/mol. The Morgan fingerprint density at radius 2 is 1.71 bits per heavy atom. The molecule has 0 aliphatic heterocycles. The van der Waals surface area contributed by atoms with Crippen LogP contribution >= 0.6 is 0 Å². The molecule has 21 heavy (non-hydrogen) atoms. The number of alkyl halides is 3. The molecule has 1 heterocycles. The Labute approximate surface area is 123 Å². The fourth-order valence-electron chi connectivity index (χ4n) is 1.78. The molecule has 1 rings (SSSR count). The van der Waals surface area contributed by atoms with Crippen molar-refractivity contribution in [1.82, 2.24) is 9.78 Å². The summed E-state index contributed by atoms with van der Waals surface area (Å²) >= 11 is 0. The highest BCUT2D eigenvalue weighted by Crippen LogP contribution is 2.45. The van der Waals surface area contributed by atoms with E-state index in [-0.39, 0.29) is 24.1 Å². The molecule has 0 amide bonds. The van der Waals surface area contributed by atoms with E-state index in [9.17, 15) is 13.2 Å². The molecule has 3 nitrogen and oxygen atoms in total. The highest BCUT2D eigenvalue weighted by atomic mass is 19.4. The lowest BCUT2D eigenvalue weighted by molar-refractivity contribution is -0.142. The number of nitrogens with zero attached hydrogens (tertiary/aromatic N) is 2. The molecule has 0 aliphatic carbocycles. The molecule has 1 aromatic heterocycles. The van der Waals surface area contributed by atoms with Gasteiger partial charge in [-0.3, -0.25) is 4.68 Å². The van der Waals surface area contributed by atoms with Crippen LogP contribution in [0.1, 0.15) is 45.9 Å². The van der Waals surface area contributed by atoms with Crippen LogP contribution in [0.2, 0.25) is 0 Å². The lowest BCUT2D eigenvalue weighted by Crippen LogP contribution is -2.35. The average molecular weight is 301 g/mol. The monoisotopic (exact) mass is 301 g/mol. The molecule has 118 valence electrons. The number of nitrogens with two attached hydrogens (primary N) is 1.